The average molecular weight is 482 g/mol. The van der Waals surface area contributed by atoms with Crippen molar-refractivity contribution >= 4 is 23.3 Å². The number of nitrogens with two attached hydrogens (primary N) is 1. The SMILES string of the molecule is CC(=O)OCc1ccc(NC(=O)[C@H](CCCCN)CC(=O)[C@H](Cc2ccccc2)NC(C)C)cc1. The fourth-order valence-corrected chi connectivity index (χ4v) is 3.88. The number of nitrogens with one attached hydrogen (secondary N) is 2. The number of anilines is 1. The molecule has 0 aliphatic heterocycles. The van der Waals surface area contributed by atoms with E-state index in [0.717, 1.165) is 24.0 Å². The van der Waals surface area contributed by atoms with Crippen LogP contribution in [0.3, 0.4) is 0 Å². The van der Waals surface area contributed by atoms with Crippen LogP contribution in [0.1, 0.15) is 57.6 Å². The van der Waals surface area contributed by atoms with Crippen LogP contribution in [0.5, 0.6) is 0 Å². The number of ether oxygens (including phenoxy) is 1. The van der Waals surface area contributed by atoms with E-state index in [0.29, 0.717) is 25.1 Å². The number of carbonyl (C=O) groups is 3. The van der Waals surface area contributed by atoms with E-state index in [-0.39, 0.29) is 42.8 Å². The van der Waals surface area contributed by atoms with Crippen LogP contribution in [-0.2, 0) is 32.1 Å². The van der Waals surface area contributed by atoms with Gasteiger partial charge in [0.15, 0.2) is 5.78 Å². The van der Waals surface area contributed by atoms with Gasteiger partial charge in [0.1, 0.15) is 6.61 Å². The monoisotopic (exact) mass is 481 g/mol. The van der Waals surface area contributed by atoms with E-state index in [1.54, 1.807) is 24.3 Å². The van der Waals surface area contributed by atoms with Gasteiger partial charge in [0.2, 0.25) is 5.91 Å². The third-order valence-electron chi connectivity index (χ3n) is 5.69. The third-order valence-corrected chi connectivity index (χ3v) is 5.69. The minimum Gasteiger partial charge on any atom is -0.461 e. The lowest BCUT2D eigenvalue weighted by Crippen LogP contribution is -2.43. The van der Waals surface area contributed by atoms with Crippen LogP contribution < -0.4 is 16.4 Å². The predicted molar refractivity (Wildman–Crippen MR) is 139 cm³/mol. The molecule has 2 aromatic carbocycles. The lowest BCUT2D eigenvalue weighted by molar-refractivity contribution is -0.142. The summed E-state index contributed by atoms with van der Waals surface area (Å²) in [7, 11) is 0. The second-order valence-corrected chi connectivity index (χ2v) is 9.18. The lowest BCUT2D eigenvalue weighted by Gasteiger charge is -2.23. The second-order valence-electron chi connectivity index (χ2n) is 9.18. The maximum Gasteiger partial charge on any atom is 0.302 e. The molecular weight excluding hydrogens is 442 g/mol. The molecule has 7 nitrogen and oxygen atoms in total. The van der Waals surface area contributed by atoms with Crippen LogP contribution in [0, 0.1) is 5.92 Å². The summed E-state index contributed by atoms with van der Waals surface area (Å²) in [4.78, 5) is 37.5. The number of ketones is 1. The highest BCUT2D eigenvalue weighted by molar-refractivity contribution is 5.96. The number of carbonyl (C=O) groups excluding carboxylic acids is 3. The van der Waals surface area contributed by atoms with Crippen molar-refractivity contribution < 1.29 is 19.1 Å². The predicted octanol–water partition coefficient (Wildman–Crippen LogP) is 4.00. The van der Waals surface area contributed by atoms with Crippen LogP contribution in [-0.4, -0.2) is 36.3 Å². The minimum absolute atomic E-state index is 0.0344. The first-order valence-corrected chi connectivity index (χ1v) is 12.3. The Bertz CT molecular complexity index is 929. The first kappa shape index (κ1) is 28.2. The first-order valence-electron chi connectivity index (χ1n) is 12.3. The van der Waals surface area contributed by atoms with E-state index in [9.17, 15) is 14.4 Å². The van der Waals surface area contributed by atoms with Crippen molar-refractivity contribution in [3.05, 3.63) is 65.7 Å². The fraction of sp³-hybridized carbons (Fsp3) is 0.464. The van der Waals surface area contributed by atoms with Gasteiger partial charge in [0.25, 0.3) is 0 Å². The number of Topliss-reactive ketones (excluding diaryl/α,β-unsaturated/α-hetero) is 1. The molecule has 0 saturated carbocycles. The average Bonchev–Trinajstić information content (AvgIpc) is 2.83. The molecule has 0 heterocycles. The number of amides is 1. The molecule has 0 fully saturated rings. The smallest absolute Gasteiger partial charge is 0.302 e. The molecule has 0 bridgehead atoms. The molecule has 1 amide bonds. The number of benzene rings is 2. The summed E-state index contributed by atoms with van der Waals surface area (Å²) in [5, 5.41) is 6.32. The summed E-state index contributed by atoms with van der Waals surface area (Å²) in [5.74, 6) is -0.926. The van der Waals surface area contributed by atoms with E-state index in [4.69, 9.17) is 10.5 Å². The Hall–Kier alpha value is -3.03. The summed E-state index contributed by atoms with van der Waals surface area (Å²) in [5.41, 5.74) is 8.20. The highest BCUT2D eigenvalue weighted by Gasteiger charge is 2.27. The van der Waals surface area contributed by atoms with Gasteiger partial charge >= 0.3 is 5.97 Å². The molecule has 2 atom stereocenters. The van der Waals surface area contributed by atoms with E-state index < -0.39 is 5.92 Å². The zero-order valence-corrected chi connectivity index (χ0v) is 21.1. The van der Waals surface area contributed by atoms with Crippen molar-refractivity contribution in [3.63, 3.8) is 0 Å². The minimum atomic E-state index is -0.443. The molecule has 0 spiro atoms. The van der Waals surface area contributed by atoms with Crippen LogP contribution in [0.4, 0.5) is 5.69 Å². The Labute approximate surface area is 208 Å². The highest BCUT2D eigenvalue weighted by atomic mass is 16.5. The van der Waals surface area contributed by atoms with Gasteiger partial charge in [-0.15, -0.1) is 0 Å². The van der Waals surface area contributed by atoms with Gasteiger partial charge in [0.05, 0.1) is 6.04 Å². The molecular formula is C28H39N3O4. The molecule has 2 rings (SSSR count). The number of hydrogen-bond donors (Lipinski definition) is 3. The van der Waals surface area contributed by atoms with Crippen molar-refractivity contribution in [2.24, 2.45) is 11.7 Å². The summed E-state index contributed by atoms with van der Waals surface area (Å²) in [6, 6.07) is 16.8. The Kier molecular flexibility index (Phi) is 12.1. The largest absolute Gasteiger partial charge is 0.461 e. The molecule has 4 N–H and O–H groups in total. The van der Waals surface area contributed by atoms with Gasteiger partial charge in [-0.3, -0.25) is 14.4 Å². The van der Waals surface area contributed by atoms with Gasteiger partial charge in [-0.05, 0) is 49.1 Å². The number of hydrogen-bond acceptors (Lipinski definition) is 6. The Morgan fingerprint density at radius 2 is 1.63 bits per heavy atom. The molecule has 35 heavy (non-hydrogen) atoms. The molecule has 2 aromatic rings. The molecule has 190 valence electrons. The van der Waals surface area contributed by atoms with Gasteiger partial charge in [-0.2, -0.15) is 0 Å². The zero-order valence-electron chi connectivity index (χ0n) is 21.1. The molecule has 0 aliphatic carbocycles. The lowest BCUT2D eigenvalue weighted by atomic mass is 9.90. The summed E-state index contributed by atoms with van der Waals surface area (Å²) in [6.07, 6.45) is 2.93. The van der Waals surface area contributed by atoms with Crippen molar-refractivity contribution in [3.8, 4) is 0 Å². The second kappa shape index (κ2) is 15.1. The highest BCUT2D eigenvalue weighted by Crippen LogP contribution is 2.20. The molecule has 0 radical (unpaired) electrons. The Balaban J connectivity index is 2.08. The fourth-order valence-electron chi connectivity index (χ4n) is 3.88. The van der Waals surface area contributed by atoms with E-state index >= 15 is 0 Å². The van der Waals surface area contributed by atoms with Gasteiger partial charge < -0.3 is 21.1 Å². The van der Waals surface area contributed by atoms with Crippen LogP contribution in [0.2, 0.25) is 0 Å². The van der Waals surface area contributed by atoms with Gasteiger partial charge in [0, 0.05) is 31.0 Å². The van der Waals surface area contributed by atoms with Crippen LogP contribution >= 0.6 is 0 Å². The molecule has 0 aromatic heterocycles. The standard InChI is InChI=1S/C28H39N3O4/c1-20(2)30-26(17-22-9-5-4-6-10-22)27(33)18-24(11-7-8-16-29)28(34)31-25-14-12-23(13-15-25)19-35-21(3)32/h4-6,9-10,12-15,20,24,26,30H,7-8,11,16-19,29H2,1-3H3,(H,31,34)/t24-,26+/m1/s1. The van der Waals surface area contributed by atoms with Gasteiger partial charge in [-0.25, -0.2) is 0 Å². The molecule has 0 aliphatic rings. The first-order chi connectivity index (χ1) is 16.8. The van der Waals surface area contributed by atoms with Gasteiger partial charge in [-0.1, -0.05) is 62.7 Å². The van der Waals surface area contributed by atoms with Crippen molar-refractivity contribution in [2.75, 3.05) is 11.9 Å². The number of esters is 1. The Morgan fingerprint density at radius 3 is 2.23 bits per heavy atom. The zero-order chi connectivity index (χ0) is 25.6. The molecule has 7 heteroatoms. The van der Waals surface area contributed by atoms with E-state index in [1.807, 2.05) is 44.2 Å². The van der Waals surface area contributed by atoms with Crippen molar-refractivity contribution in [2.45, 2.75) is 71.6 Å². The summed E-state index contributed by atoms with van der Waals surface area (Å²) >= 11 is 0. The van der Waals surface area contributed by atoms with Crippen LogP contribution in [0.15, 0.2) is 54.6 Å². The number of unbranched alkanes of at least 4 members (excludes halogenated alkanes) is 1. The van der Waals surface area contributed by atoms with Crippen molar-refractivity contribution in [1.82, 2.24) is 5.32 Å². The van der Waals surface area contributed by atoms with Crippen molar-refractivity contribution in [1.29, 1.82) is 0 Å². The number of rotatable bonds is 15. The summed E-state index contributed by atoms with van der Waals surface area (Å²) in [6.45, 7) is 6.13. The topological polar surface area (TPSA) is 111 Å². The quantitative estimate of drug-likeness (QED) is 0.262. The molecule has 0 unspecified atom stereocenters. The third kappa shape index (κ3) is 10.8. The van der Waals surface area contributed by atoms with Crippen LogP contribution in [0.25, 0.3) is 0 Å². The Morgan fingerprint density at radius 1 is 0.943 bits per heavy atom. The summed E-state index contributed by atoms with van der Waals surface area (Å²) < 4.78 is 5.00. The van der Waals surface area contributed by atoms with E-state index in [1.165, 1.54) is 6.92 Å². The van der Waals surface area contributed by atoms with E-state index in [2.05, 4.69) is 10.6 Å². The molecule has 0 saturated heterocycles. The maximum absolute atomic E-state index is 13.3. The maximum atomic E-state index is 13.3. The normalized spacial score (nSPS) is 12.7.